The summed E-state index contributed by atoms with van der Waals surface area (Å²) < 4.78 is 14.5. The summed E-state index contributed by atoms with van der Waals surface area (Å²) >= 11 is 0. The van der Waals surface area contributed by atoms with E-state index in [2.05, 4.69) is 10.2 Å². The van der Waals surface area contributed by atoms with Crippen molar-refractivity contribution in [1.29, 1.82) is 0 Å². The highest BCUT2D eigenvalue weighted by Gasteiger charge is 2.23. The molecule has 0 radical (unpaired) electrons. The van der Waals surface area contributed by atoms with Crippen LogP contribution in [0.4, 0.5) is 4.39 Å². The monoisotopic (exact) mass is 379 g/mol. The van der Waals surface area contributed by atoms with E-state index in [1.54, 1.807) is 24.1 Å². The minimum absolute atomic E-state index is 0.00379. The number of benzene rings is 2. The number of hydrogen-bond donors (Lipinski definition) is 1. The first-order chi connectivity index (χ1) is 13.5. The van der Waals surface area contributed by atoms with E-state index in [-0.39, 0.29) is 24.1 Å². The lowest BCUT2D eigenvalue weighted by molar-refractivity contribution is -0.130. The van der Waals surface area contributed by atoms with Crippen molar-refractivity contribution in [3.63, 3.8) is 0 Å². The van der Waals surface area contributed by atoms with Gasteiger partial charge in [0.05, 0.1) is 5.69 Å². The van der Waals surface area contributed by atoms with Crippen molar-refractivity contribution in [1.82, 2.24) is 15.1 Å². The molecule has 4 nitrogen and oxygen atoms in total. The number of aromatic amines is 1. The number of hydrogen-bond acceptors (Lipinski definition) is 2. The fraction of sp³-hybridized carbons (Fsp3) is 0.304. The third-order valence-electron chi connectivity index (χ3n) is 5.27. The Morgan fingerprint density at radius 3 is 2.43 bits per heavy atom. The Morgan fingerprint density at radius 2 is 1.79 bits per heavy atom. The van der Waals surface area contributed by atoms with Gasteiger partial charge in [0.2, 0.25) is 5.91 Å². The second-order valence-electron chi connectivity index (χ2n) is 7.17. The van der Waals surface area contributed by atoms with Gasteiger partial charge in [-0.25, -0.2) is 4.39 Å². The third kappa shape index (κ3) is 4.47. The molecule has 1 N–H and O–H groups in total. The summed E-state index contributed by atoms with van der Waals surface area (Å²) in [7, 11) is 1.80. The Hall–Kier alpha value is -2.95. The van der Waals surface area contributed by atoms with E-state index in [1.807, 2.05) is 50.2 Å². The standard InChI is InChI=1S/C23H26FN3O/c1-16-19(17(2)26-25-16)13-14-27(3)23(28)15-21(18-9-5-4-6-10-18)20-11-7-8-12-22(20)24/h4-12,21H,13-15H2,1-3H3,(H,25,26)/t21-/m1/s1. The van der Waals surface area contributed by atoms with Crippen LogP contribution in [0.2, 0.25) is 0 Å². The van der Waals surface area contributed by atoms with Crippen molar-refractivity contribution < 1.29 is 9.18 Å². The summed E-state index contributed by atoms with van der Waals surface area (Å²) in [5.74, 6) is -0.595. The van der Waals surface area contributed by atoms with Gasteiger partial charge in [0.15, 0.2) is 0 Å². The summed E-state index contributed by atoms with van der Waals surface area (Å²) in [4.78, 5) is 14.6. The van der Waals surface area contributed by atoms with Crippen molar-refractivity contribution in [2.75, 3.05) is 13.6 Å². The zero-order valence-corrected chi connectivity index (χ0v) is 16.6. The maximum atomic E-state index is 14.5. The molecule has 0 saturated carbocycles. The molecule has 0 aliphatic carbocycles. The largest absolute Gasteiger partial charge is 0.345 e. The molecule has 1 amide bonds. The summed E-state index contributed by atoms with van der Waals surface area (Å²) in [6.07, 6.45) is 0.969. The molecule has 3 aromatic rings. The van der Waals surface area contributed by atoms with Crippen LogP contribution in [0, 0.1) is 19.7 Å². The molecule has 28 heavy (non-hydrogen) atoms. The first kappa shape index (κ1) is 19.8. The summed E-state index contributed by atoms with van der Waals surface area (Å²) in [6.45, 7) is 4.55. The molecule has 0 fully saturated rings. The van der Waals surface area contributed by atoms with Gasteiger partial charge in [0.1, 0.15) is 5.82 Å². The van der Waals surface area contributed by atoms with E-state index < -0.39 is 0 Å². The van der Waals surface area contributed by atoms with Crippen LogP contribution < -0.4 is 0 Å². The van der Waals surface area contributed by atoms with Crippen molar-refractivity contribution >= 4 is 5.91 Å². The van der Waals surface area contributed by atoms with Crippen LogP contribution in [0.15, 0.2) is 54.6 Å². The molecule has 3 rings (SSSR count). The number of amides is 1. The van der Waals surface area contributed by atoms with Crippen LogP contribution in [-0.4, -0.2) is 34.6 Å². The van der Waals surface area contributed by atoms with Crippen molar-refractivity contribution in [2.45, 2.75) is 32.6 Å². The van der Waals surface area contributed by atoms with E-state index in [9.17, 15) is 9.18 Å². The van der Waals surface area contributed by atoms with Gasteiger partial charge < -0.3 is 4.90 Å². The minimum Gasteiger partial charge on any atom is -0.345 e. The van der Waals surface area contributed by atoms with Gasteiger partial charge in [-0.1, -0.05) is 48.5 Å². The Bertz CT molecular complexity index is 917. The fourth-order valence-corrected chi connectivity index (χ4v) is 3.53. The Balaban J connectivity index is 1.75. The second-order valence-corrected chi connectivity index (χ2v) is 7.17. The molecule has 0 spiro atoms. The maximum absolute atomic E-state index is 14.5. The molecular weight excluding hydrogens is 353 g/mol. The summed E-state index contributed by atoms with van der Waals surface area (Å²) in [6, 6.07) is 16.3. The highest BCUT2D eigenvalue weighted by atomic mass is 19.1. The van der Waals surface area contributed by atoms with Gasteiger partial charge >= 0.3 is 0 Å². The molecule has 0 aliphatic heterocycles. The Labute approximate surface area is 165 Å². The lowest BCUT2D eigenvalue weighted by Gasteiger charge is -2.23. The smallest absolute Gasteiger partial charge is 0.223 e. The van der Waals surface area contributed by atoms with Crippen LogP contribution in [0.3, 0.4) is 0 Å². The van der Waals surface area contributed by atoms with Gasteiger partial charge in [-0.05, 0) is 43.0 Å². The summed E-state index contributed by atoms with van der Waals surface area (Å²) in [5, 5.41) is 7.18. The van der Waals surface area contributed by atoms with E-state index in [1.165, 1.54) is 6.07 Å². The molecule has 0 unspecified atom stereocenters. The van der Waals surface area contributed by atoms with E-state index in [4.69, 9.17) is 0 Å². The highest BCUT2D eigenvalue weighted by Crippen LogP contribution is 2.30. The van der Waals surface area contributed by atoms with Gasteiger partial charge in [-0.2, -0.15) is 5.10 Å². The van der Waals surface area contributed by atoms with Gasteiger partial charge in [-0.15, -0.1) is 0 Å². The minimum atomic E-state index is -0.310. The SMILES string of the molecule is Cc1n[nH]c(C)c1CCN(C)C(=O)C[C@H](c1ccccc1)c1ccccc1F. The zero-order chi connectivity index (χ0) is 20.1. The molecule has 1 aromatic heterocycles. The van der Waals surface area contributed by atoms with Gasteiger partial charge in [0, 0.05) is 31.6 Å². The number of aryl methyl sites for hydroxylation is 2. The fourth-order valence-electron chi connectivity index (χ4n) is 3.53. The molecule has 0 saturated heterocycles. The molecule has 5 heteroatoms. The number of likely N-dealkylation sites (N-methyl/N-ethyl adjacent to an activating group) is 1. The average molecular weight is 379 g/mol. The topological polar surface area (TPSA) is 49.0 Å². The van der Waals surface area contributed by atoms with Crippen LogP contribution in [0.1, 0.15) is 40.4 Å². The molecule has 2 aromatic carbocycles. The first-order valence-corrected chi connectivity index (χ1v) is 9.51. The van der Waals surface area contributed by atoms with E-state index >= 15 is 0 Å². The van der Waals surface area contributed by atoms with Crippen LogP contribution in [0.25, 0.3) is 0 Å². The molecule has 1 heterocycles. The highest BCUT2D eigenvalue weighted by molar-refractivity contribution is 5.77. The Kier molecular flexibility index (Phi) is 6.24. The molecule has 0 bridgehead atoms. The average Bonchev–Trinajstić information content (AvgIpc) is 3.03. The van der Waals surface area contributed by atoms with Gasteiger partial charge in [-0.3, -0.25) is 9.89 Å². The van der Waals surface area contributed by atoms with Crippen LogP contribution in [0.5, 0.6) is 0 Å². The number of aromatic nitrogens is 2. The van der Waals surface area contributed by atoms with Crippen LogP contribution in [-0.2, 0) is 11.2 Å². The first-order valence-electron chi connectivity index (χ1n) is 9.51. The predicted molar refractivity (Wildman–Crippen MR) is 109 cm³/mol. The van der Waals surface area contributed by atoms with E-state index in [0.717, 1.165) is 28.9 Å². The predicted octanol–water partition coefficient (Wildman–Crippen LogP) is 4.39. The molecule has 0 aliphatic rings. The number of nitrogens with zero attached hydrogens (tertiary/aromatic N) is 2. The van der Waals surface area contributed by atoms with Crippen LogP contribution >= 0.6 is 0 Å². The lowest BCUT2D eigenvalue weighted by Crippen LogP contribution is -2.30. The van der Waals surface area contributed by atoms with Crippen molar-refractivity contribution in [2.24, 2.45) is 0 Å². The molecule has 1 atom stereocenters. The normalized spacial score (nSPS) is 12.0. The van der Waals surface area contributed by atoms with Crippen molar-refractivity contribution in [3.8, 4) is 0 Å². The number of nitrogens with one attached hydrogen (secondary N) is 1. The number of halogens is 1. The lowest BCUT2D eigenvalue weighted by atomic mass is 9.87. The number of carbonyl (C=O) groups is 1. The number of rotatable bonds is 7. The second kappa shape index (κ2) is 8.83. The summed E-state index contributed by atoms with van der Waals surface area (Å²) in [5.41, 5.74) is 4.64. The van der Waals surface area contributed by atoms with Gasteiger partial charge in [0.25, 0.3) is 0 Å². The number of carbonyl (C=O) groups excluding carboxylic acids is 1. The quantitative estimate of drug-likeness (QED) is 0.662. The van der Waals surface area contributed by atoms with E-state index in [0.29, 0.717) is 12.1 Å². The third-order valence-corrected chi connectivity index (χ3v) is 5.27. The maximum Gasteiger partial charge on any atom is 0.223 e. The molecule has 146 valence electrons. The Morgan fingerprint density at radius 1 is 1.11 bits per heavy atom. The molecular formula is C23H26FN3O. The number of H-pyrrole nitrogens is 1. The zero-order valence-electron chi connectivity index (χ0n) is 16.6. The van der Waals surface area contributed by atoms with Crippen molar-refractivity contribution in [3.05, 3.63) is 88.5 Å².